The maximum absolute atomic E-state index is 13.0. The van der Waals surface area contributed by atoms with Gasteiger partial charge in [0.25, 0.3) is 5.91 Å². The number of hydrogen-bond acceptors (Lipinski definition) is 3. The first kappa shape index (κ1) is 19.0. The van der Waals surface area contributed by atoms with Crippen LogP contribution in [-0.4, -0.2) is 29.9 Å². The van der Waals surface area contributed by atoms with E-state index in [2.05, 4.69) is 5.32 Å². The summed E-state index contributed by atoms with van der Waals surface area (Å²) in [6, 6.07) is 14.7. The lowest BCUT2D eigenvalue weighted by atomic mass is 9.96. The van der Waals surface area contributed by atoms with E-state index in [1.54, 1.807) is 12.0 Å². The van der Waals surface area contributed by atoms with Crippen molar-refractivity contribution in [3.8, 4) is 5.75 Å². The molecule has 0 bridgehead atoms. The molecule has 0 saturated carbocycles. The average Bonchev–Trinajstić information content (AvgIpc) is 3.03. The molecular weight excluding hydrogens is 340 g/mol. The van der Waals surface area contributed by atoms with Crippen LogP contribution in [0.15, 0.2) is 48.5 Å². The Labute approximate surface area is 160 Å². The van der Waals surface area contributed by atoms with E-state index in [4.69, 9.17) is 4.74 Å². The van der Waals surface area contributed by atoms with Gasteiger partial charge in [-0.2, -0.15) is 0 Å². The summed E-state index contributed by atoms with van der Waals surface area (Å²) in [5.74, 6) is 0.680. The Morgan fingerprint density at radius 1 is 1.19 bits per heavy atom. The van der Waals surface area contributed by atoms with Crippen molar-refractivity contribution in [2.75, 3.05) is 7.11 Å². The van der Waals surface area contributed by atoms with Crippen molar-refractivity contribution >= 4 is 11.8 Å². The molecule has 1 N–H and O–H groups in total. The smallest absolute Gasteiger partial charge is 0.255 e. The fourth-order valence-corrected chi connectivity index (χ4v) is 3.47. The van der Waals surface area contributed by atoms with Gasteiger partial charge in [-0.15, -0.1) is 0 Å². The number of amides is 2. The number of rotatable bonds is 7. The van der Waals surface area contributed by atoms with E-state index < -0.39 is 6.04 Å². The molecule has 0 spiro atoms. The molecule has 0 fully saturated rings. The highest BCUT2D eigenvalue weighted by atomic mass is 16.5. The van der Waals surface area contributed by atoms with Crippen LogP contribution >= 0.6 is 0 Å². The zero-order chi connectivity index (χ0) is 19.4. The second-order valence-corrected chi connectivity index (χ2v) is 6.99. The van der Waals surface area contributed by atoms with Crippen molar-refractivity contribution < 1.29 is 14.3 Å². The Bertz CT molecular complexity index is 817. The second kappa shape index (κ2) is 8.25. The van der Waals surface area contributed by atoms with Gasteiger partial charge in [0.15, 0.2) is 0 Å². The summed E-state index contributed by atoms with van der Waals surface area (Å²) in [5, 5.41) is 3.00. The average molecular weight is 366 g/mol. The van der Waals surface area contributed by atoms with Crippen molar-refractivity contribution in [1.29, 1.82) is 0 Å². The molecule has 1 heterocycles. The van der Waals surface area contributed by atoms with Gasteiger partial charge in [0.1, 0.15) is 11.8 Å². The van der Waals surface area contributed by atoms with E-state index in [0.29, 0.717) is 18.7 Å². The van der Waals surface area contributed by atoms with E-state index in [0.717, 1.165) is 23.3 Å². The third kappa shape index (κ3) is 3.97. The molecule has 0 saturated heterocycles. The quantitative estimate of drug-likeness (QED) is 0.817. The van der Waals surface area contributed by atoms with Crippen molar-refractivity contribution in [3.05, 3.63) is 65.2 Å². The van der Waals surface area contributed by atoms with Gasteiger partial charge in [-0.25, -0.2) is 0 Å². The van der Waals surface area contributed by atoms with E-state index >= 15 is 0 Å². The molecule has 27 heavy (non-hydrogen) atoms. The monoisotopic (exact) mass is 366 g/mol. The fraction of sp³-hybridized carbons (Fsp3) is 0.364. The molecule has 2 atom stereocenters. The Morgan fingerprint density at radius 3 is 2.52 bits per heavy atom. The third-order valence-electron chi connectivity index (χ3n) is 5.26. The molecule has 2 amide bonds. The maximum atomic E-state index is 13.0. The fourth-order valence-electron chi connectivity index (χ4n) is 3.47. The number of carbonyl (C=O) groups excluding carboxylic acids is 2. The molecule has 0 aliphatic carbocycles. The lowest BCUT2D eigenvalue weighted by Crippen LogP contribution is -2.50. The SMILES string of the molecule is CCC(C)C(C(=O)NCc1ccc(OC)cc1)N1Cc2ccccc2C1=O. The van der Waals surface area contributed by atoms with Gasteiger partial charge in [0, 0.05) is 18.7 Å². The molecule has 5 heteroatoms. The molecule has 1 aliphatic rings. The van der Waals surface area contributed by atoms with Gasteiger partial charge >= 0.3 is 0 Å². The normalized spacial score (nSPS) is 15.2. The molecule has 2 aromatic carbocycles. The van der Waals surface area contributed by atoms with Crippen LogP contribution in [-0.2, 0) is 17.9 Å². The number of hydrogen-bond donors (Lipinski definition) is 1. The van der Waals surface area contributed by atoms with Gasteiger partial charge in [-0.05, 0) is 35.2 Å². The predicted octanol–water partition coefficient (Wildman–Crippen LogP) is 3.38. The number of fused-ring (bicyclic) bond motifs is 1. The minimum Gasteiger partial charge on any atom is -0.497 e. The first-order valence-electron chi connectivity index (χ1n) is 9.34. The summed E-state index contributed by atoms with van der Waals surface area (Å²) >= 11 is 0. The minimum atomic E-state index is -0.479. The highest BCUT2D eigenvalue weighted by Gasteiger charge is 2.38. The van der Waals surface area contributed by atoms with Crippen LogP contribution in [0.25, 0.3) is 0 Å². The standard InChI is InChI=1S/C22H26N2O3/c1-4-15(2)20(24-14-17-7-5-6-8-19(17)22(24)26)21(25)23-13-16-9-11-18(27-3)12-10-16/h5-12,15,20H,4,13-14H2,1-3H3,(H,23,25). The van der Waals surface area contributed by atoms with E-state index in [-0.39, 0.29) is 17.7 Å². The van der Waals surface area contributed by atoms with E-state index in [9.17, 15) is 9.59 Å². The lowest BCUT2D eigenvalue weighted by molar-refractivity contribution is -0.127. The Morgan fingerprint density at radius 2 is 1.89 bits per heavy atom. The van der Waals surface area contributed by atoms with Crippen LogP contribution in [0.3, 0.4) is 0 Å². The summed E-state index contributed by atoms with van der Waals surface area (Å²) in [5.41, 5.74) is 2.68. The molecule has 2 unspecified atom stereocenters. The van der Waals surface area contributed by atoms with Crippen LogP contribution in [0.4, 0.5) is 0 Å². The lowest BCUT2D eigenvalue weighted by Gasteiger charge is -2.31. The van der Waals surface area contributed by atoms with Gasteiger partial charge in [0.05, 0.1) is 7.11 Å². The highest BCUT2D eigenvalue weighted by Crippen LogP contribution is 2.28. The number of nitrogens with one attached hydrogen (secondary N) is 1. The largest absolute Gasteiger partial charge is 0.497 e. The van der Waals surface area contributed by atoms with Crippen LogP contribution < -0.4 is 10.1 Å². The molecule has 0 aromatic heterocycles. The number of methoxy groups -OCH3 is 1. The van der Waals surface area contributed by atoms with Crippen LogP contribution in [0.2, 0.25) is 0 Å². The van der Waals surface area contributed by atoms with Gasteiger partial charge in [-0.1, -0.05) is 50.6 Å². The number of benzene rings is 2. The molecule has 2 aromatic rings. The van der Waals surface area contributed by atoms with Crippen LogP contribution in [0, 0.1) is 5.92 Å². The topological polar surface area (TPSA) is 58.6 Å². The predicted molar refractivity (Wildman–Crippen MR) is 104 cm³/mol. The summed E-state index contributed by atoms with van der Waals surface area (Å²) in [6.45, 7) is 4.97. The van der Waals surface area contributed by atoms with Gasteiger partial charge < -0.3 is 15.0 Å². The Hall–Kier alpha value is -2.82. The van der Waals surface area contributed by atoms with E-state index in [1.807, 2.05) is 62.4 Å². The summed E-state index contributed by atoms with van der Waals surface area (Å²) in [4.78, 5) is 27.5. The molecule has 0 radical (unpaired) electrons. The molecule has 142 valence electrons. The number of carbonyl (C=O) groups is 2. The van der Waals surface area contributed by atoms with Crippen molar-refractivity contribution in [2.45, 2.75) is 39.4 Å². The van der Waals surface area contributed by atoms with Crippen LogP contribution in [0.1, 0.15) is 41.8 Å². The first-order chi connectivity index (χ1) is 13.0. The molecule has 3 rings (SSSR count). The maximum Gasteiger partial charge on any atom is 0.255 e. The number of ether oxygens (including phenoxy) is 1. The third-order valence-corrected chi connectivity index (χ3v) is 5.26. The highest BCUT2D eigenvalue weighted by molar-refractivity contribution is 6.01. The Balaban J connectivity index is 1.73. The van der Waals surface area contributed by atoms with Crippen molar-refractivity contribution in [1.82, 2.24) is 10.2 Å². The second-order valence-electron chi connectivity index (χ2n) is 6.99. The minimum absolute atomic E-state index is 0.0597. The van der Waals surface area contributed by atoms with Crippen molar-refractivity contribution in [3.63, 3.8) is 0 Å². The van der Waals surface area contributed by atoms with Crippen molar-refractivity contribution in [2.24, 2.45) is 5.92 Å². The summed E-state index contributed by atoms with van der Waals surface area (Å²) in [6.07, 6.45) is 0.820. The summed E-state index contributed by atoms with van der Waals surface area (Å²) < 4.78 is 5.16. The molecule has 5 nitrogen and oxygen atoms in total. The zero-order valence-corrected chi connectivity index (χ0v) is 16.1. The molecular formula is C22H26N2O3. The van der Waals surface area contributed by atoms with Crippen LogP contribution in [0.5, 0.6) is 5.75 Å². The Kier molecular flexibility index (Phi) is 5.79. The zero-order valence-electron chi connectivity index (χ0n) is 16.1. The van der Waals surface area contributed by atoms with E-state index in [1.165, 1.54) is 0 Å². The molecule has 1 aliphatic heterocycles. The summed E-state index contributed by atoms with van der Waals surface area (Å²) in [7, 11) is 1.62. The first-order valence-corrected chi connectivity index (χ1v) is 9.34. The van der Waals surface area contributed by atoms with Gasteiger partial charge in [-0.3, -0.25) is 9.59 Å². The van der Waals surface area contributed by atoms with Gasteiger partial charge in [0.2, 0.25) is 5.91 Å². The number of nitrogens with zero attached hydrogens (tertiary/aromatic N) is 1.